The SMILES string of the molecule is c1ccc(Nc2cc3ccccc3c3ncccc23)cc1. The van der Waals surface area contributed by atoms with Gasteiger partial charge in [-0.2, -0.15) is 0 Å². The van der Waals surface area contributed by atoms with Crippen molar-refractivity contribution in [3.8, 4) is 0 Å². The van der Waals surface area contributed by atoms with Crippen molar-refractivity contribution >= 4 is 33.1 Å². The lowest BCUT2D eigenvalue weighted by Gasteiger charge is -2.12. The van der Waals surface area contributed by atoms with Crippen molar-refractivity contribution in [2.45, 2.75) is 0 Å². The molecule has 0 aliphatic rings. The van der Waals surface area contributed by atoms with Crippen molar-refractivity contribution in [1.29, 1.82) is 0 Å². The molecule has 0 bridgehead atoms. The van der Waals surface area contributed by atoms with Crippen LogP contribution < -0.4 is 5.32 Å². The minimum Gasteiger partial charge on any atom is -0.355 e. The molecule has 0 aliphatic carbocycles. The van der Waals surface area contributed by atoms with Gasteiger partial charge in [-0.3, -0.25) is 4.98 Å². The molecule has 21 heavy (non-hydrogen) atoms. The smallest absolute Gasteiger partial charge is 0.0801 e. The van der Waals surface area contributed by atoms with E-state index in [1.165, 1.54) is 10.8 Å². The Kier molecular flexibility index (Phi) is 2.79. The number of benzene rings is 3. The van der Waals surface area contributed by atoms with Gasteiger partial charge in [0.1, 0.15) is 0 Å². The third-order valence-corrected chi connectivity index (χ3v) is 3.67. The first-order valence-electron chi connectivity index (χ1n) is 7.00. The zero-order chi connectivity index (χ0) is 14.1. The Hall–Kier alpha value is -2.87. The number of anilines is 2. The van der Waals surface area contributed by atoms with Gasteiger partial charge < -0.3 is 5.32 Å². The predicted molar refractivity (Wildman–Crippen MR) is 89.0 cm³/mol. The molecule has 2 heteroatoms. The van der Waals surface area contributed by atoms with E-state index in [0.717, 1.165) is 22.3 Å². The molecule has 0 aliphatic heterocycles. The van der Waals surface area contributed by atoms with Gasteiger partial charge in [0.05, 0.1) is 5.52 Å². The average molecular weight is 270 g/mol. The fourth-order valence-corrected chi connectivity index (χ4v) is 2.69. The first-order valence-corrected chi connectivity index (χ1v) is 7.00. The minimum absolute atomic E-state index is 1.04. The molecule has 1 N–H and O–H groups in total. The first-order chi connectivity index (χ1) is 10.4. The van der Waals surface area contributed by atoms with Gasteiger partial charge in [-0.05, 0) is 35.7 Å². The molecule has 0 fully saturated rings. The van der Waals surface area contributed by atoms with Crippen LogP contribution in [0.5, 0.6) is 0 Å². The number of nitrogens with one attached hydrogen (secondary N) is 1. The molecule has 4 aromatic rings. The monoisotopic (exact) mass is 270 g/mol. The van der Waals surface area contributed by atoms with Crippen LogP contribution in [0.25, 0.3) is 21.7 Å². The van der Waals surface area contributed by atoms with Crippen molar-refractivity contribution in [3.63, 3.8) is 0 Å². The van der Waals surface area contributed by atoms with Crippen molar-refractivity contribution < 1.29 is 0 Å². The summed E-state index contributed by atoms with van der Waals surface area (Å²) >= 11 is 0. The number of fused-ring (bicyclic) bond motifs is 3. The van der Waals surface area contributed by atoms with E-state index in [1.807, 2.05) is 30.5 Å². The topological polar surface area (TPSA) is 24.9 Å². The largest absolute Gasteiger partial charge is 0.355 e. The van der Waals surface area contributed by atoms with E-state index in [9.17, 15) is 0 Å². The molecule has 2 nitrogen and oxygen atoms in total. The molecule has 0 unspecified atom stereocenters. The highest BCUT2D eigenvalue weighted by Crippen LogP contribution is 2.32. The lowest BCUT2D eigenvalue weighted by Crippen LogP contribution is -1.93. The van der Waals surface area contributed by atoms with E-state index in [0.29, 0.717) is 0 Å². The second kappa shape index (κ2) is 4.91. The zero-order valence-corrected chi connectivity index (χ0v) is 11.5. The molecule has 0 spiro atoms. The van der Waals surface area contributed by atoms with Crippen LogP contribution in [0.3, 0.4) is 0 Å². The summed E-state index contributed by atoms with van der Waals surface area (Å²) in [7, 11) is 0. The van der Waals surface area contributed by atoms with Crippen LogP contribution in [0.4, 0.5) is 11.4 Å². The highest BCUT2D eigenvalue weighted by atomic mass is 14.9. The molecule has 0 saturated carbocycles. The van der Waals surface area contributed by atoms with Crippen LogP contribution in [0.2, 0.25) is 0 Å². The van der Waals surface area contributed by atoms with Gasteiger partial charge in [0.2, 0.25) is 0 Å². The Morgan fingerprint density at radius 1 is 0.714 bits per heavy atom. The second-order valence-corrected chi connectivity index (χ2v) is 5.04. The van der Waals surface area contributed by atoms with Gasteiger partial charge in [0.15, 0.2) is 0 Å². The van der Waals surface area contributed by atoms with Gasteiger partial charge in [-0.15, -0.1) is 0 Å². The summed E-state index contributed by atoms with van der Waals surface area (Å²) in [5.41, 5.74) is 3.20. The van der Waals surface area contributed by atoms with Gasteiger partial charge in [-0.25, -0.2) is 0 Å². The van der Waals surface area contributed by atoms with Crippen LogP contribution in [0.1, 0.15) is 0 Å². The summed E-state index contributed by atoms with van der Waals surface area (Å²) in [6.45, 7) is 0. The maximum atomic E-state index is 4.57. The number of hydrogen-bond acceptors (Lipinski definition) is 2. The van der Waals surface area contributed by atoms with Gasteiger partial charge in [0.25, 0.3) is 0 Å². The molecular weight excluding hydrogens is 256 g/mol. The molecule has 0 atom stereocenters. The molecule has 1 heterocycles. The van der Waals surface area contributed by atoms with E-state index < -0.39 is 0 Å². The van der Waals surface area contributed by atoms with Crippen LogP contribution in [0.15, 0.2) is 79.0 Å². The Labute approximate surface area is 123 Å². The van der Waals surface area contributed by atoms with Gasteiger partial charge in [0, 0.05) is 28.3 Å². The number of para-hydroxylation sites is 1. The third kappa shape index (κ3) is 2.11. The number of hydrogen-bond donors (Lipinski definition) is 1. The van der Waals surface area contributed by atoms with E-state index in [1.54, 1.807) is 0 Å². The van der Waals surface area contributed by atoms with Crippen LogP contribution in [-0.4, -0.2) is 4.98 Å². The predicted octanol–water partition coefficient (Wildman–Crippen LogP) is 5.13. The first kappa shape index (κ1) is 11.9. The Morgan fingerprint density at radius 3 is 2.38 bits per heavy atom. The summed E-state index contributed by atoms with van der Waals surface area (Å²) in [5.74, 6) is 0. The Morgan fingerprint density at radius 2 is 1.48 bits per heavy atom. The quantitative estimate of drug-likeness (QED) is 0.511. The number of nitrogens with zero attached hydrogens (tertiary/aromatic N) is 1. The second-order valence-electron chi connectivity index (χ2n) is 5.04. The lowest BCUT2D eigenvalue weighted by atomic mass is 10.0. The lowest BCUT2D eigenvalue weighted by molar-refractivity contribution is 1.42. The van der Waals surface area contributed by atoms with Crippen LogP contribution in [-0.2, 0) is 0 Å². The van der Waals surface area contributed by atoms with Gasteiger partial charge >= 0.3 is 0 Å². The van der Waals surface area contributed by atoms with Gasteiger partial charge in [-0.1, -0.05) is 42.5 Å². The van der Waals surface area contributed by atoms with E-state index in [4.69, 9.17) is 0 Å². The molecule has 0 amide bonds. The zero-order valence-electron chi connectivity index (χ0n) is 11.5. The molecule has 100 valence electrons. The fraction of sp³-hybridized carbons (Fsp3) is 0. The molecule has 0 saturated heterocycles. The summed E-state index contributed by atoms with van der Waals surface area (Å²) < 4.78 is 0. The van der Waals surface area contributed by atoms with Crippen molar-refractivity contribution in [2.75, 3.05) is 5.32 Å². The van der Waals surface area contributed by atoms with E-state index in [2.05, 4.69) is 58.8 Å². The molecular formula is C19H14N2. The van der Waals surface area contributed by atoms with Crippen molar-refractivity contribution in [1.82, 2.24) is 4.98 Å². The summed E-state index contributed by atoms with van der Waals surface area (Å²) in [6, 6.07) is 24.9. The summed E-state index contributed by atoms with van der Waals surface area (Å²) in [6.07, 6.45) is 1.85. The summed E-state index contributed by atoms with van der Waals surface area (Å²) in [4.78, 5) is 4.57. The Bertz CT molecular complexity index is 914. The highest BCUT2D eigenvalue weighted by molar-refractivity contribution is 6.11. The van der Waals surface area contributed by atoms with E-state index >= 15 is 0 Å². The Balaban J connectivity index is 1.98. The van der Waals surface area contributed by atoms with Crippen LogP contribution in [0, 0.1) is 0 Å². The maximum Gasteiger partial charge on any atom is 0.0801 e. The average Bonchev–Trinajstić information content (AvgIpc) is 2.56. The molecule has 1 aromatic heterocycles. The van der Waals surface area contributed by atoms with Crippen LogP contribution >= 0.6 is 0 Å². The van der Waals surface area contributed by atoms with Crippen molar-refractivity contribution in [2.24, 2.45) is 0 Å². The number of aromatic nitrogens is 1. The van der Waals surface area contributed by atoms with E-state index in [-0.39, 0.29) is 0 Å². The standard InChI is InChI=1S/C19H14N2/c1-2-8-15(9-3-1)21-18-13-14-7-4-5-10-16(14)19-17(18)11-6-12-20-19/h1-13,21H. The maximum absolute atomic E-state index is 4.57. The molecule has 4 rings (SSSR count). The third-order valence-electron chi connectivity index (χ3n) is 3.67. The summed E-state index contributed by atoms with van der Waals surface area (Å²) in [5, 5.41) is 7.02. The minimum atomic E-state index is 1.04. The number of rotatable bonds is 2. The molecule has 3 aromatic carbocycles. The fourth-order valence-electron chi connectivity index (χ4n) is 2.69. The normalized spacial score (nSPS) is 10.9. The van der Waals surface area contributed by atoms with Crippen molar-refractivity contribution in [3.05, 3.63) is 79.0 Å². The molecule has 0 radical (unpaired) electrons. The number of pyridine rings is 1. The highest BCUT2D eigenvalue weighted by Gasteiger charge is 2.07.